The number of aromatic nitrogens is 2. The number of benzene rings is 2. The fourth-order valence-electron chi connectivity index (χ4n) is 3.35. The molecule has 186 valence electrons. The van der Waals surface area contributed by atoms with Crippen LogP contribution in [-0.2, 0) is 20.2 Å². The summed E-state index contributed by atoms with van der Waals surface area (Å²) < 4.78 is 41.5. The summed E-state index contributed by atoms with van der Waals surface area (Å²) in [6, 6.07) is 14.7. The minimum Gasteiger partial charge on any atom is -0.493 e. The molecule has 1 aliphatic rings. The molecule has 1 unspecified atom stereocenters. The lowest BCUT2D eigenvalue weighted by Crippen LogP contribution is -2.51. The Morgan fingerprint density at radius 3 is 2.19 bits per heavy atom. The van der Waals surface area contributed by atoms with Crippen molar-refractivity contribution in [3.05, 3.63) is 78.4 Å². The van der Waals surface area contributed by atoms with Crippen molar-refractivity contribution >= 4 is 27.6 Å². The number of aliphatic imine (C=N–C) groups is 1. The molecule has 1 aromatic heterocycles. The molecule has 4 rings (SSSR count). The van der Waals surface area contributed by atoms with Crippen LogP contribution in [0.4, 0.5) is 0 Å². The number of carbonyl (C=O) groups excluding carboxylic acids is 1. The highest BCUT2D eigenvalue weighted by atomic mass is 32.2. The van der Waals surface area contributed by atoms with Gasteiger partial charge in [-0.1, -0.05) is 45.0 Å². The Bertz CT molecular complexity index is 1430. The molecule has 1 amide bonds. The summed E-state index contributed by atoms with van der Waals surface area (Å²) in [5.74, 6) is -0.429. The van der Waals surface area contributed by atoms with Crippen molar-refractivity contribution in [3.8, 4) is 11.5 Å². The number of ether oxygens (including phenoxy) is 2. The van der Waals surface area contributed by atoms with Crippen LogP contribution in [0, 0.1) is 0 Å². The predicted molar refractivity (Wildman–Crippen MR) is 134 cm³/mol. The van der Waals surface area contributed by atoms with Gasteiger partial charge in [-0.3, -0.25) is 4.79 Å². The molecular weight excluding hydrogens is 482 g/mol. The first kappa shape index (κ1) is 25.0. The van der Waals surface area contributed by atoms with Gasteiger partial charge in [-0.25, -0.2) is 15.0 Å². The lowest BCUT2D eigenvalue weighted by atomic mass is 9.87. The molecule has 36 heavy (non-hydrogen) atoms. The van der Waals surface area contributed by atoms with E-state index in [-0.39, 0.29) is 33.6 Å². The number of nitrogens with zero attached hydrogens (tertiary/aromatic N) is 4. The molecular formula is C25H25N5O5S. The van der Waals surface area contributed by atoms with E-state index in [1.165, 1.54) is 31.6 Å². The topological polar surface area (TPSA) is 132 Å². The van der Waals surface area contributed by atoms with Crippen molar-refractivity contribution in [2.75, 3.05) is 7.11 Å². The highest BCUT2D eigenvalue weighted by Gasteiger charge is 2.36. The summed E-state index contributed by atoms with van der Waals surface area (Å²) in [6.07, 6.45) is 1.47. The lowest BCUT2D eigenvalue weighted by molar-refractivity contribution is -0.124. The quantitative estimate of drug-likeness (QED) is 0.542. The molecule has 0 radical (unpaired) electrons. The van der Waals surface area contributed by atoms with Crippen molar-refractivity contribution < 1.29 is 22.7 Å². The van der Waals surface area contributed by atoms with E-state index in [1.807, 2.05) is 20.8 Å². The van der Waals surface area contributed by atoms with Gasteiger partial charge < -0.3 is 14.8 Å². The summed E-state index contributed by atoms with van der Waals surface area (Å²) in [7, 11) is -2.79. The predicted octanol–water partition coefficient (Wildman–Crippen LogP) is 2.89. The van der Waals surface area contributed by atoms with E-state index in [4.69, 9.17) is 9.47 Å². The fourth-order valence-corrected chi connectivity index (χ4v) is 4.32. The van der Waals surface area contributed by atoms with Gasteiger partial charge in [0.1, 0.15) is 0 Å². The van der Waals surface area contributed by atoms with Gasteiger partial charge in [0.25, 0.3) is 15.9 Å². The third-order valence-corrected chi connectivity index (χ3v) is 6.56. The summed E-state index contributed by atoms with van der Waals surface area (Å²) >= 11 is 0. The maximum Gasteiger partial charge on any atom is 0.284 e. The minimum absolute atomic E-state index is 0.0438. The van der Waals surface area contributed by atoms with Crippen LogP contribution in [0.5, 0.6) is 11.5 Å². The summed E-state index contributed by atoms with van der Waals surface area (Å²) in [5.41, 5.74) is 0.808. The Balaban J connectivity index is 1.79. The Morgan fingerprint density at radius 2 is 1.58 bits per heavy atom. The number of hydrogen-bond donors (Lipinski definition) is 1. The number of carbonyl (C=O) groups is 1. The van der Waals surface area contributed by atoms with Crippen molar-refractivity contribution in [2.24, 2.45) is 9.39 Å². The van der Waals surface area contributed by atoms with E-state index in [9.17, 15) is 13.2 Å². The molecule has 1 aliphatic heterocycles. The summed E-state index contributed by atoms with van der Waals surface area (Å²) in [5, 5.41) is 2.56. The van der Waals surface area contributed by atoms with Gasteiger partial charge in [0, 0.05) is 12.4 Å². The van der Waals surface area contributed by atoms with Crippen LogP contribution in [0.2, 0.25) is 0 Å². The highest BCUT2D eigenvalue weighted by molar-refractivity contribution is 7.90. The minimum atomic E-state index is -4.24. The van der Waals surface area contributed by atoms with E-state index in [1.54, 1.807) is 42.5 Å². The van der Waals surface area contributed by atoms with E-state index in [2.05, 4.69) is 24.7 Å². The largest absolute Gasteiger partial charge is 0.493 e. The SMILES string of the molecule is COc1ccccc1OC1C(=O)NC(c2ncccn2)=N/C1=N\S(=O)(=O)c1ccc(C(C)(C)C)cc1. The molecule has 3 aromatic rings. The van der Waals surface area contributed by atoms with Gasteiger partial charge in [0.2, 0.25) is 6.10 Å². The van der Waals surface area contributed by atoms with Gasteiger partial charge in [0.05, 0.1) is 12.0 Å². The zero-order chi connectivity index (χ0) is 25.9. The Morgan fingerprint density at radius 1 is 0.944 bits per heavy atom. The van der Waals surface area contributed by atoms with E-state index < -0.39 is 22.0 Å². The van der Waals surface area contributed by atoms with E-state index in [0.717, 1.165) is 5.56 Å². The number of hydrogen-bond acceptors (Lipinski definition) is 7. The molecule has 1 atom stereocenters. The summed E-state index contributed by atoms with van der Waals surface area (Å²) in [4.78, 5) is 25.5. The van der Waals surface area contributed by atoms with Crippen LogP contribution < -0.4 is 14.8 Å². The highest BCUT2D eigenvalue weighted by Crippen LogP contribution is 2.28. The number of nitrogens with one attached hydrogen (secondary N) is 1. The molecule has 1 N–H and O–H groups in total. The normalized spacial score (nSPS) is 17.3. The Kier molecular flexibility index (Phi) is 6.84. The second kappa shape index (κ2) is 9.86. The lowest BCUT2D eigenvalue weighted by Gasteiger charge is -2.23. The Hall–Kier alpha value is -4.12. The number of methoxy groups -OCH3 is 1. The van der Waals surface area contributed by atoms with Gasteiger partial charge in [-0.15, -0.1) is 4.40 Å². The van der Waals surface area contributed by atoms with Crippen LogP contribution in [0.15, 0.2) is 81.3 Å². The van der Waals surface area contributed by atoms with Gasteiger partial charge in [-0.2, -0.15) is 8.42 Å². The molecule has 11 heteroatoms. The van der Waals surface area contributed by atoms with Gasteiger partial charge in [0.15, 0.2) is 29.0 Å². The van der Waals surface area contributed by atoms with Crippen molar-refractivity contribution in [1.82, 2.24) is 15.3 Å². The number of rotatable bonds is 6. The third kappa shape index (κ3) is 5.41. The van der Waals surface area contributed by atoms with Crippen LogP contribution in [0.3, 0.4) is 0 Å². The van der Waals surface area contributed by atoms with Crippen LogP contribution >= 0.6 is 0 Å². The number of amides is 1. The van der Waals surface area contributed by atoms with E-state index in [0.29, 0.717) is 5.75 Å². The molecule has 0 saturated heterocycles. The second-order valence-electron chi connectivity index (χ2n) is 8.87. The molecule has 0 aliphatic carbocycles. The molecule has 0 saturated carbocycles. The molecule has 0 bridgehead atoms. The van der Waals surface area contributed by atoms with Gasteiger partial charge in [-0.05, 0) is 41.3 Å². The maximum atomic E-state index is 13.2. The van der Waals surface area contributed by atoms with Crippen LogP contribution in [0.25, 0.3) is 0 Å². The Labute approximate surface area is 209 Å². The van der Waals surface area contributed by atoms with Crippen LogP contribution in [-0.4, -0.2) is 49.2 Å². The average Bonchev–Trinajstić information content (AvgIpc) is 2.86. The molecule has 2 heterocycles. The molecule has 10 nitrogen and oxygen atoms in total. The second-order valence-corrected chi connectivity index (χ2v) is 10.5. The first-order chi connectivity index (χ1) is 17.1. The average molecular weight is 508 g/mol. The number of para-hydroxylation sites is 2. The summed E-state index contributed by atoms with van der Waals surface area (Å²) in [6.45, 7) is 6.08. The standard InChI is InChI=1S/C25H25N5O5S/c1-25(2,3)16-10-12-17(13-11-16)36(32,33)30-21-20(35-19-9-6-5-8-18(19)34-4)24(31)29-23(28-21)22-26-14-7-15-27-22/h5-15,20H,1-4H3,(H,28,29,30,31). The number of amidine groups is 2. The first-order valence-corrected chi connectivity index (χ1v) is 12.4. The van der Waals surface area contributed by atoms with Gasteiger partial charge >= 0.3 is 0 Å². The zero-order valence-corrected chi connectivity index (χ0v) is 21.0. The maximum absolute atomic E-state index is 13.2. The first-order valence-electron chi connectivity index (χ1n) is 11.0. The molecule has 2 aromatic carbocycles. The van der Waals surface area contributed by atoms with Crippen molar-refractivity contribution in [3.63, 3.8) is 0 Å². The third-order valence-electron chi connectivity index (χ3n) is 5.26. The van der Waals surface area contributed by atoms with Crippen LogP contribution in [0.1, 0.15) is 32.2 Å². The fraction of sp³-hybridized carbons (Fsp3) is 0.240. The monoisotopic (exact) mass is 507 g/mol. The smallest absolute Gasteiger partial charge is 0.284 e. The van der Waals surface area contributed by atoms with Crippen molar-refractivity contribution in [1.29, 1.82) is 0 Å². The van der Waals surface area contributed by atoms with E-state index >= 15 is 0 Å². The zero-order valence-electron chi connectivity index (χ0n) is 20.2. The molecule has 0 fully saturated rings. The molecule has 0 spiro atoms. The van der Waals surface area contributed by atoms with Crippen molar-refractivity contribution in [2.45, 2.75) is 37.2 Å². The number of sulfonamides is 1.